The largest absolute Gasteiger partial charge is 0.442 e. The summed E-state index contributed by atoms with van der Waals surface area (Å²) in [6.45, 7) is 2.10. The number of rotatable bonds is 4. The summed E-state index contributed by atoms with van der Waals surface area (Å²) < 4.78 is 19.8. The summed E-state index contributed by atoms with van der Waals surface area (Å²) in [5, 5.41) is 10.2. The van der Waals surface area contributed by atoms with E-state index in [0.717, 1.165) is 47.3 Å². The van der Waals surface area contributed by atoms with Crippen LogP contribution in [-0.4, -0.2) is 41.4 Å². The second kappa shape index (κ2) is 8.11. The zero-order valence-corrected chi connectivity index (χ0v) is 17.7. The van der Waals surface area contributed by atoms with Crippen LogP contribution in [0.5, 0.6) is 0 Å². The lowest BCUT2D eigenvalue weighted by molar-refractivity contribution is -0.119. The fourth-order valence-corrected chi connectivity index (χ4v) is 4.46. The van der Waals surface area contributed by atoms with Gasteiger partial charge in [0, 0.05) is 29.3 Å². The summed E-state index contributed by atoms with van der Waals surface area (Å²) in [6, 6.07) is 12.6. The van der Waals surface area contributed by atoms with Crippen molar-refractivity contribution >= 4 is 17.7 Å². The van der Waals surface area contributed by atoms with Gasteiger partial charge in [-0.1, -0.05) is 18.2 Å². The van der Waals surface area contributed by atoms with Gasteiger partial charge in [-0.2, -0.15) is 5.10 Å². The number of aromatic nitrogens is 2. The van der Waals surface area contributed by atoms with E-state index in [0.29, 0.717) is 24.3 Å². The average Bonchev–Trinajstić information content (AvgIpc) is 3.31. The molecule has 0 spiro atoms. The normalized spacial score (nSPS) is 17.4. The molecule has 0 unspecified atom stereocenters. The number of benzene rings is 2. The van der Waals surface area contributed by atoms with Crippen LogP contribution in [0, 0.1) is 5.82 Å². The van der Waals surface area contributed by atoms with Crippen LogP contribution in [0.4, 0.5) is 14.9 Å². The number of aryl methyl sites for hydroxylation is 1. The Morgan fingerprint density at radius 1 is 1.25 bits per heavy atom. The van der Waals surface area contributed by atoms with Crippen molar-refractivity contribution in [3.63, 3.8) is 0 Å². The lowest BCUT2D eigenvalue weighted by Gasteiger charge is -2.16. The molecule has 0 bridgehead atoms. The van der Waals surface area contributed by atoms with E-state index < -0.39 is 6.09 Å². The van der Waals surface area contributed by atoms with Crippen molar-refractivity contribution in [1.29, 1.82) is 0 Å². The van der Waals surface area contributed by atoms with Crippen molar-refractivity contribution in [1.82, 2.24) is 15.5 Å². The molecule has 7 nitrogen and oxygen atoms in total. The monoisotopic (exact) mass is 434 g/mol. The molecule has 1 aliphatic carbocycles. The number of nitrogens with one attached hydrogen (secondary N) is 2. The van der Waals surface area contributed by atoms with Gasteiger partial charge in [-0.15, -0.1) is 0 Å². The maximum atomic E-state index is 14.4. The van der Waals surface area contributed by atoms with E-state index in [1.54, 1.807) is 17.0 Å². The number of hydrogen-bond donors (Lipinski definition) is 2. The van der Waals surface area contributed by atoms with Gasteiger partial charge in [0.05, 0.1) is 24.5 Å². The summed E-state index contributed by atoms with van der Waals surface area (Å²) in [5.41, 5.74) is 5.93. The minimum Gasteiger partial charge on any atom is -0.442 e. The van der Waals surface area contributed by atoms with Crippen LogP contribution in [0.25, 0.3) is 22.5 Å². The molecule has 1 fully saturated rings. The molecule has 1 aromatic heterocycles. The number of fused-ring (bicyclic) bond motifs is 3. The van der Waals surface area contributed by atoms with Crippen molar-refractivity contribution in [2.75, 3.05) is 18.0 Å². The van der Waals surface area contributed by atoms with Gasteiger partial charge < -0.3 is 10.1 Å². The lowest BCUT2D eigenvalue weighted by atomic mass is 9.99. The van der Waals surface area contributed by atoms with Crippen molar-refractivity contribution in [2.45, 2.75) is 32.3 Å². The minimum absolute atomic E-state index is 0.158. The van der Waals surface area contributed by atoms with Crippen LogP contribution in [0.3, 0.4) is 0 Å². The number of ether oxygens (including phenoxy) is 1. The summed E-state index contributed by atoms with van der Waals surface area (Å²) in [6.07, 6.45) is 1.70. The molecule has 8 heteroatoms. The fourth-order valence-electron chi connectivity index (χ4n) is 4.46. The second-order valence-corrected chi connectivity index (χ2v) is 8.15. The van der Waals surface area contributed by atoms with Crippen molar-refractivity contribution in [3.8, 4) is 22.5 Å². The highest BCUT2D eigenvalue weighted by atomic mass is 19.1. The van der Waals surface area contributed by atoms with Gasteiger partial charge in [-0.25, -0.2) is 9.18 Å². The van der Waals surface area contributed by atoms with Crippen LogP contribution >= 0.6 is 0 Å². The van der Waals surface area contributed by atoms with Crippen molar-refractivity contribution < 1.29 is 18.7 Å². The van der Waals surface area contributed by atoms with E-state index in [-0.39, 0.29) is 17.8 Å². The number of aromatic amines is 1. The van der Waals surface area contributed by atoms with Gasteiger partial charge in [0.25, 0.3) is 0 Å². The topological polar surface area (TPSA) is 87.3 Å². The molecule has 1 aliphatic heterocycles. The van der Waals surface area contributed by atoms with Gasteiger partial charge in [0.1, 0.15) is 11.9 Å². The highest BCUT2D eigenvalue weighted by molar-refractivity contribution is 5.91. The third-order valence-electron chi connectivity index (χ3n) is 5.99. The second-order valence-electron chi connectivity index (χ2n) is 8.15. The van der Waals surface area contributed by atoms with E-state index in [9.17, 15) is 14.0 Å². The Hall–Kier alpha value is -3.68. The zero-order chi connectivity index (χ0) is 22.2. The third kappa shape index (κ3) is 3.62. The van der Waals surface area contributed by atoms with E-state index in [1.165, 1.54) is 13.0 Å². The van der Waals surface area contributed by atoms with Crippen molar-refractivity contribution in [3.05, 3.63) is 59.4 Å². The van der Waals surface area contributed by atoms with Gasteiger partial charge in [-0.05, 0) is 49.1 Å². The lowest BCUT2D eigenvalue weighted by Crippen LogP contribution is -2.33. The molecule has 164 valence electrons. The zero-order valence-electron chi connectivity index (χ0n) is 17.7. The van der Waals surface area contributed by atoms with Gasteiger partial charge >= 0.3 is 6.09 Å². The van der Waals surface area contributed by atoms with Crippen molar-refractivity contribution in [2.24, 2.45) is 0 Å². The third-order valence-corrected chi connectivity index (χ3v) is 5.99. The molecule has 2 aromatic carbocycles. The van der Waals surface area contributed by atoms with Gasteiger partial charge in [0.15, 0.2) is 0 Å². The van der Waals surface area contributed by atoms with Gasteiger partial charge in [-0.3, -0.25) is 14.8 Å². The average molecular weight is 434 g/mol. The molecule has 5 rings (SSSR count). The van der Waals surface area contributed by atoms with Crippen LogP contribution in [-0.2, 0) is 22.4 Å². The number of nitrogens with zero attached hydrogens (tertiary/aromatic N) is 2. The summed E-state index contributed by atoms with van der Waals surface area (Å²) in [7, 11) is 0. The Kier molecular flexibility index (Phi) is 5.13. The Morgan fingerprint density at radius 2 is 2.09 bits per heavy atom. The number of cyclic esters (lactones) is 1. The molecule has 0 saturated carbocycles. The molecule has 2 N–H and O–H groups in total. The first kappa shape index (κ1) is 20.2. The molecule has 2 aliphatic rings. The molecular formula is C24H23FN4O3. The Labute approximate surface area is 184 Å². The predicted molar refractivity (Wildman–Crippen MR) is 118 cm³/mol. The van der Waals surface area contributed by atoms with Gasteiger partial charge in [0.2, 0.25) is 5.91 Å². The molecule has 0 radical (unpaired) electrons. The first-order valence-electron chi connectivity index (χ1n) is 10.7. The Balaban J connectivity index is 1.45. The summed E-state index contributed by atoms with van der Waals surface area (Å²) in [5.74, 6) is -0.447. The molecule has 32 heavy (non-hydrogen) atoms. The maximum absolute atomic E-state index is 14.4. The predicted octanol–water partition coefficient (Wildman–Crippen LogP) is 3.83. The number of H-pyrrole nitrogens is 1. The Bertz CT molecular complexity index is 1210. The fraction of sp³-hybridized carbons (Fsp3) is 0.292. The first-order valence-corrected chi connectivity index (χ1v) is 10.7. The number of carbonyl (C=O) groups excluding carboxylic acids is 2. The molecule has 2 amide bonds. The highest BCUT2D eigenvalue weighted by Gasteiger charge is 2.33. The Morgan fingerprint density at radius 3 is 2.91 bits per heavy atom. The molecular weight excluding hydrogens is 411 g/mol. The number of hydrogen-bond acceptors (Lipinski definition) is 4. The minimum atomic E-state index is -0.419. The summed E-state index contributed by atoms with van der Waals surface area (Å²) >= 11 is 0. The van der Waals surface area contributed by atoms with Crippen LogP contribution in [0.1, 0.15) is 24.5 Å². The number of carbonyl (C=O) groups is 2. The molecule has 3 aromatic rings. The first-order chi connectivity index (χ1) is 15.5. The van der Waals surface area contributed by atoms with E-state index >= 15 is 0 Å². The highest BCUT2D eigenvalue weighted by Crippen LogP contribution is 2.38. The number of anilines is 1. The van der Waals surface area contributed by atoms with E-state index in [1.807, 2.05) is 24.3 Å². The summed E-state index contributed by atoms with van der Waals surface area (Å²) in [4.78, 5) is 25.1. The van der Waals surface area contributed by atoms with Crippen LogP contribution in [0.15, 0.2) is 42.5 Å². The SMILES string of the molecule is CC(=O)NC[C@H]1CN(c2ccc3c(c2)CCCc2c(-c4ccccc4F)n[nH]c2-3)C(=O)O1. The van der Waals surface area contributed by atoms with E-state index in [2.05, 4.69) is 15.5 Å². The quantitative estimate of drug-likeness (QED) is 0.653. The van der Waals surface area contributed by atoms with E-state index in [4.69, 9.17) is 4.74 Å². The number of amides is 2. The standard InChI is InChI=1S/C24H23FN4O3/c1-14(30)26-12-17-13-29(24(31)32-17)16-9-10-18-15(11-16)5-4-7-20-22(18)27-28-23(20)19-6-2-3-8-21(19)25/h2-3,6,8-11,17H,4-5,7,12-13H2,1H3,(H,26,30)(H,27,28)/t17-/m0/s1. The molecule has 2 heterocycles. The van der Waals surface area contributed by atoms with Crippen LogP contribution < -0.4 is 10.2 Å². The molecule has 1 atom stereocenters. The molecule has 1 saturated heterocycles. The van der Waals surface area contributed by atoms with Crippen LogP contribution in [0.2, 0.25) is 0 Å². The smallest absolute Gasteiger partial charge is 0.414 e. The number of halogens is 1. The maximum Gasteiger partial charge on any atom is 0.414 e.